The van der Waals surface area contributed by atoms with E-state index in [1.54, 1.807) is 9.13 Å². The molecule has 0 radical (unpaired) electrons. The molecule has 98 valence electrons. The first kappa shape index (κ1) is 14.0. The van der Waals surface area contributed by atoms with Gasteiger partial charge >= 0.3 is 5.69 Å². The first-order valence-electron chi connectivity index (χ1n) is 6.71. The van der Waals surface area contributed by atoms with Gasteiger partial charge in [0.2, 0.25) is 0 Å². The van der Waals surface area contributed by atoms with Crippen LogP contribution in [0.2, 0.25) is 0 Å². The second-order valence-corrected chi connectivity index (χ2v) is 4.44. The van der Waals surface area contributed by atoms with Gasteiger partial charge in [0.25, 0.3) is 0 Å². The lowest BCUT2D eigenvalue weighted by Crippen LogP contribution is -2.33. The van der Waals surface area contributed by atoms with Crippen molar-refractivity contribution in [1.29, 1.82) is 0 Å². The summed E-state index contributed by atoms with van der Waals surface area (Å²) in [6.45, 7) is 8.88. The van der Waals surface area contributed by atoms with E-state index in [4.69, 9.17) is 0 Å². The molecule has 0 saturated heterocycles. The Kier molecular flexibility index (Phi) is 6.05. The fourth-order valence-electron chi connectivity index (χ4n) is 2.00. The summed E-state index contributed by atoms with van der Waals surface area (Å²) in [4.78, 5) is 11.9. The molecule has 0 amide bonds. The molecule has 4 nitrogen and oxygen atoms in total. The summed E-state index contributed by atoms with van der Waals surface area (Å²) in [5.41, 5.74) is 0.109. The van der Waals surface area contributed by atoms with Crippen LogP contribution in [0, 0.1) is 0 Å². The van der Waals surface area contributed by atoms with Gasteiger partial charge in [-0.15, -0.1) is 0 Å². The Morgan fingerprint density at radius 3 is 2.24 bits per heavy atom. The zero-order valence-corrected chi connectivity index (χ0v) is 11.3. The van der Waals surface area contributed by atoms with E-state index in [1.165, 1.54) is 0 Å². The monoisotopic (exact) mass is 239 g/mol. The normalized spacial score (nSPS) is 11.3. The van der Waals surface area contributed by atoms with Gasteiger partial charge in [0, 0.05) is 38.1 Å². The van der Waals surface area contributed by atoms with Crippen LogP contribution >= 0.6 is 0 Å². The SMILES string of the molecule is CCCn1ccn(CCNC(CC)CC)c1=O. The Morgan fingerprint density at radius 1 is 1.12 bits per heavy atom. The van der Waals surface area contributed by atoms with Crippen molar-refractivity contribution in [2.24, 2.45) is 0 Å². The Labute approximate surface area is 104 Å². The summed E-state index contributed by atoms with van der Waals surface area (Å²) in [6, 6.07) is 0.573. The predicted octanol–water partition coefficient (Wildman–Crippen LogP) is 1.84. The van der Waals surface area contributed by atoms with Gasteiger partial charge < -0.3 is 5.32 Å². The summed E-state index contributed by atoms with van der Waals surface area (Å²) in [6.07, 6.45) is 7.04. The Bertz CT molecular complexity index is 363. The number of aromatic nitrogens is 2. The number of nitrogens with one attached hydrogen (secondary N) is 1. The van der Waals surface area contributed by atoms with Crippen LogP contribution in [0.15, 0.2) is 17.2 Å². The van der Waals surface area contributed by atoms with Crippen molar-refractivity contribution in [2.45, 2.75) is 59.2 Å². The van der Waals surface area contributed by atoms with Gasteiger partial charge in [-0.2, -0.15) is 0 Å². The third-order valence-corrected chi connectivity index (χ3v) is 3.15. The highest BCUT2D eigenvalue weighted by Crippen LogP contribution is 1.95. The van der Waals surface area contributed by atoms with E-state index in [1.807, 2.05) is 12.4 Å². The van der Waals surface area contributed by atoms with Crippen molar-refractivity contribution in [2.75, 3.05) is 6.54 Å². The van der Waals surface area contributed by atoms with Crippen LogP contribution < -0.4 is 11.0 Å². The standard InChI is InChI=1S/C13H25N3O/c1-4-8-15-10-11-16(13(15)17)9-7-14-12(5-2)6-3/h10-12,14H,4-9H2,1-3H3. The third-order valence-electron chi connectivity index (χ3n) is 3.15. The first-order valence-corrected chi connectivity index (χ1v) is 6.71. The summed E-state index contributed by atoms with van der Waals surface area (Å²) in [5.74, 6) is 0. The average molecular weight is 239 g/mol. The highest BCUT2D eigenvalue weighted by Gasteiger charge is 2.04. The molecule has 1 heterocycles. The number of imidazole rings is 1. The maximum atomic E-state index is 11.9. The van der Waals surface area contributed by atoms with Gasteiger partial charge in [0.15, 0.2) is 0 Å². The molecular weight excluding hydrogens is 214 g/mol. The Balaban J connectivity index is 2.44. The average Bonchev–Trinajstić information content (AvgIpc) is 2.68. The number of aryl methyl sites for hydroxylation is 1. The molecule has 0 unspecified atom stereocenters. The largest absolute Gasteiger partial charge is 0.328 e. The molecule has 0 bridgehead atoms. The highest BCUT2D eigenvalue weighted by molar-refractivity contribution is 4.81. The van der Waals surface area contributed by atoms with Crippen LogP contribution in [0.4, 0.5) is 0 Å². The van der Waals surface area contributed by atoms with Gasteiger partial charge in [0.1, 0.15) is 0 Å². The summed E-state index contributed by atoms with van der Waals surface area (Å²) < 4.78 is 3.56. The lowest BCUT2D eigenvalue weighted by Gasteiger charge is -2.14. The molecular formula is C13H25N3O. The second-order valence-electron chi connectivity index (χ2n) is 4.44. The van der Waals surface area contributed by atoms with Crippen LogP contribution in [0.25, 0.3) is 0 Å². The van der Waals surface area contributed by atoms with Crippen LogP contribution in [-0.4, -0.2) is 21.7 Å². The molecule has 0 fully saturated rings. The van der Waals surface area contributed by atoms with Crippen LogP contribution in [0.3, 0.4) is 0 Å². The fourth-order valence-corrected chi connectivity index (χ4v) is 2.00. The zero-order chi connectivity index (χ0) is 12.7. The molecule has 4 heteroatoms. The molecule has 0 aromatic carbocycles. The van der Waals surface area contributed by atoms with E-state index in [0.29, 0.717) is 6.04 Å². The number of hydrogen-bond acceptors (Lipinski definition) is 2. The molecule has 0 aliphatic rings. The molecule has 0 aliphatic heterocycles. The minimum Gasteiger partial charge on any atom is -0.312 e. The molecule has 0 saturated carbocycles. The second kappa shape index (κ2) is 7.33. The van der Waals surface area contributed by atoms with E-state index < -0.39 is 0 Å². The summed E-state index contributed by atoms with van der Waals surface area (Å²) >= 11 is 0. The predicted molar refractivity (Wildman–Crippen MR) is 71.4 cm³/mol. The van der Waals surface area contributed by atoms with E-state index >= 15 is 0 Å². The quantitative estimate of drug-likeness (QED) is 0.752. The van der Waals surface area contributed by atoms with E-state index in [2.05, 4.69) is 26.1 Å². The van der Waals surface area contributed by atoms with Gasteiger partial charge in [-0.25, -0.2) is 4.79 Å². The van der Waals surface area contributed by atoms with Crippen molar-refractivity contribution < 1.29 is 0 Å². The van der Waals surface area contributed by atoms with Gasteiger partial charge in [-0.05, 0) is 19.3 Å². The molecule has 0 aliphatic carbocycles. The minimum atomic E-state index is 0.109. The lowest BCUT2D eigenvalue weighted by atomic mass is 10.2. The van der Waals surface area contributed by atoms with Crippen molar-refractivity contribution in [3.05, 3.63) is 22.9 Å². The number of rotatable bonds is 8. The smallest absolute Gasteiger partial charge is 0.312 e. The van der Waals surface area contributed by atoms with Crippen LogP contribution in [0.1, 0.15) is 40.0 Å². The maximum Gasteiger partial charge on any atom is 0.328 e. The third kappa shape index (κ3) is 4.04. The molecule has 1 rings (SSSR count). The van der Waals surface area contributed by atoms with E-state index in [-0.39, 0.29) is 5.69 Å². The molecule has 0 spiro atoms. The van der Waals surface area contributed by atoms with Crippen molar-refractivity contribution >= 4 is 0 Å². The van der Waals surface area contributed by atoms with Crippen molar-refractivity contribution in [3.63, 3.8) is 0 Å². The molecule has 1 aromatic rings. The van der Waals surface area contributed by atoms with Gasteiger partial charge in [-0.3, -0.25) is 9.13 Å². The van der Waals surface area contributed by atoms with Crippen molar-refractivity contribution in [3.8, 4) is 0 Å². The molecule has 17 heavy (non-hydrogen) atoms. The number of hydrogen-bond donors (Lipinski definition) is 1. The molecule has 1 N–H and O–H groups in total. The molecule has 1 aromatic heterocycles. The Hall–Kier alpha value is -1.03. The van der Waals surface area contributed by atoms with E-state index in [9.17, 15) is 4.79 Å². The van der Waals surface area contributed by atoms with Crippen molar-refractivity contribution in [1.82, 2.24) is 14.5 Å². The fraction of sp³-hybridized carbons (Fsp3) is 0.769. The lowest BCUT2D eigenvalue weighted by molar-refractivity contribution is 0.460. The highest BCUT2D eigenvalue weighted by atomic mass is 16.1. The van der Waals surface area contributed by atoms with Crippen LogP contribution in [-0.2, 0) is 13.1 Å². The maximum absolute atomic E-state index is 11.9. The topological polar surface area (TPSA) is 39.0 Å². The summed E-state index contributed by atoms with van der Waals surface area (Å²) in [5, 5.41) is 3.47. The van der Waals surface area contributed by atoms with E-state index in [0.717, 1.165) is 38.9 Å². The number of nitrogens with zero attached hydrogens (tertiary/aromatic N) is 2. The molecule has 0 atom stereocenters. The minimum absolute atomic E-state index is 0.109. The zero-order valence-electron chi connectivity index (χ0n) is 11.3. The van der Waals surface area contributed by atoms with Crippen LogP contribution in [0.5, 0.6) is 0 Å². The van der Waals surface area contributed by atoms with Gasteiger partial charge in [0.05, 0.1) is 0 Å². The Morgan fingerprint density at radius 2 is 1.71 bits per heavy atom. The summed E-state index contributed by atoms with van der Waals surface area (Å²) in [7, 11) is 0. The van der Waals surface area contributed by atoms with Gasteiger partial charge in [-0.1, -0.05) is 20.8 Å². The first-order chi connectivity index (χ1) is 8.22.